The molecule has 0 amide bonds. The van der Waals surface area contributed by atoms with Gasteiger partial charge < -0.3 is 14.8 Å². The smallest absolute Gasteiger partial charge is 0.123 e. The van der Waals surface area contributed by atoms with Gasteiger partial charge in [0, 0.05) is 23.9 Å². The second kappa shape index (κ2) is 9.78. The summed E-state index contributed by atoms with van der Waals surface area (Å²) < 4.78 is 11.2. The van der Waals surface area contributed by atoms with Gasteiger partial charge in [0.15, 0.2) is 0 Å². The third-order valence-electron chi connectivity index (χ3n) is 3.78. The molecule has 0 fully saturated rings. The molecule has 0 aliphatic heterocycles. The van der Waals surface area contributed by atoms with Gasteiger partial charge in [-0.1, -0.05) is 50.5 Å². The molecule has 0 aliphatic carbocycles. The first-order valence-electron chi connectivity index (χ1n) is 8.42. The van der Waals surface area contributed by atoms with Crippen LogP contribution in [0.2, 0.25) is 0 Å². The molecule has 0 aromatic heterocycles. The van der Waals surface area contributed by atoms with Gasteiger partial charge in [-0.3, -0.25) is 0 Å². The van der Waals surface area contributed by atoms with Gasteiger partial charge in [0.05, 0.1) is 13.7 Å². The molecule has 2 aromatic rings. The minimum absolute atomic E-state index is 0.726. The summed E-state index contributed by atoms with van der Waals surface area (Å²) in [5.74, 6) is 1.83. The van der Waals surface area contributed by atoms with Crippen LogP contribution < -0.4 is 14.8 Å². The van der Waals surface area contributed by atoms with E-state index in [1.54, 1.807) is 7.11 Å². The average Bonchev–Trinajstić information content (AvgIpc) is 2.60. The lowest BCUT2D eigenvalue weighted by Crippen LogP contribution is -2.02. The fourth-order valence-electron chi connectivity index (χ4n) is 2.46. The monoisotopic (exact) mass is 313 g/mol. The van der Waals surface area contributed by atoms with Crippen molar-refractivity contribution < 1.29 is 9.47 Å². The van der Waals surface area contributed by atoms with E-state index in [9.17, 15) is 0 Å². The first-order chi connectivity index (χ1) is 11.3. The van der Waals surface area contributed by atoms with E-state index in [-0.39, 0.29) is 0 Å². The summed E-state index contributed by atoms with van der Waals surface area (Å²) in [6.07, 6.45) is 4.89. The lowest BCUT2D eigenvalue weighted by molar-refractivity contribution is 0.305. The highest BCUT2D eigenvalue weighted by Gasteiger charge is 2.02. The molecule has 3 heteroatoms. The quantitative estimate of drug-likeness (QED) is 0.606. The number of nitrogens with one attached hydrogen (secondary N) is 1. The van der Waals surface area contributed by atoms with Crippen molar-refractivity contribution in [3.8, 4) is 11.5 Å². The number of ether oxygens (including phenoxy) is 2. The molecule has 0 saturated carbocycles. The van der Waals surface area contributed by atoms with Crippen molar-refractivity contribution in [2.75, 3.05) is 19.0 Å². The van der Waals surface area contributed by atoms with E-state index < -0.39 is 0 Å². The Kier molecular flexibility index (Phi) is 7.31. The van der Waals surface area contributed by atoms with Crippen LogP contribution in [0.3, 0.4) is 0 Å². The first-order valence-corrected chi connectivity index (χ1v) is 8.42. The molecule has 3 nitrogen and oxygen atoms in total. The van der Waals surface area contributed by atoms with Crippen LogP contribution in [-0.4, -0.2) is 13.7 Å². The van der Waals surface area contributed by atoms with Crippen LogP contribution in [0.1, 0.15) is 38.2 Å². The van der Waals surface area contributed by atoms with Crippen molar-refractivity contribution in [2.24, 2.45) is 0 Å². The Balaban J connectivity index is 1.85. The number of benzene rings is 2. The molecule has 0 aliphatic rings. The molecular weight excluding hydrogens is 286 g/mol. The van der Waals surface area contributed by atoms with Gasteiger partial charge >= 0.3 is 0 Å². The van der Waals surface area contributed by atoms with Crippen LogP contribution in [0.15, 0.2) is 48.5 Å². The van der Waals surface area contributed by atoms with Gasteiger partial charge in [-0.25, -0.2) is 0 Å². The van der Waals surface area contributed by atoms with Gasteiger partial charge in [0.1, 0.15) is 11.5 Å². The maximum atomic E-state index is 5.83. The van der Waals surface area contributed by atoms with Crippen LogP contribution in [0, 0.1) is 0 Å². The molecule has 0 spiro atoms. The van der Waals surface area contributed by atoms with Crippen LogP contribution in [0.4, 0.5) is 5.69 Å². The molecule has 124 valence electrons. The highest BCUT2D eigenvalue weighted by molar-refractivity contribution is 5.49. The maximum absolute atomic E-state index is 5.83. The standard InChI is InChI=1S/C20H27NO2/c1-3-4-5-8-14-23-19-12-9-11-18(15-19)21-16-17-10-6-7-13-20(17)22-2/h6-7,9-13,15,21H,3-5,8,14,16H2,1-2H3. The van der Waals surface area contributed by atoms with E-state index in [2.05, 4.69) is 30.4 Å². The molecule has 0 bridgehead atoms. The molecule has 0 heterocycles. The number of methoxy groups -OCH3 is 1. The Morgan fingerprint density at radius 1 is 0.957 bits per heavy atom. The topological polar surface area (TPSA) is 30.5 Å². The van der Waals surface area contributed by atoms with Crippen molar-refractivity contribution in [3.05, 3.63) is 54.1 Å². The second-order valence-corrected chi connectivity index (χ2v) is 5.60. The van der Waals surface area contributed by atoms with E-state index in [1.807, 2.05) is 30.3 Å². The number of anilines is 1. The number of hydrogen-bond donors (Lipinski definition) is 1. The van der Waals surface area contributed by atoms with Crippen LogP contribution in [0.25, 0.3) is 0 Å². The third kappa shape index (κ3) is 5.85. The Bertz CT molecular complexity index is 583. The summed E-state index contributed by atoms with van der Waals surface area (Å²) in [7, 11) is 1.70. The second-order valence-electron chi connectivity index (χ2n) is 5.60. The summed E-state index contributed by atoms with van der Waals surface area (Å²) in [5.41, 5.74) is 2.20. The zero-order valence-electron chi connectivity index (χ0n) is 14.2. The number of para-hydroxylation sites is 1. The van der Waals surface area contributed by atoms with Crippen molar-refractivity contribution in [2.45, 2.75) is 39.2 Å². The predicted octanol–water partition coefficient (Wildman–Crippen LogP) is 5.27. The van der Waals surface area contributed by atoms with Gasteiger partial charge in [-0.15, -0.1) is 0 Å². The summed E-state index contributed by atoms with van der Waals surface area (Å²) in [5, 5.41) is 3.43. The Labute approximate surface area is 139 Å². The zero-order chi connectivity index (χ0) is 16.3. The fraction of sp³-hybridized carbons (Fsp3) is 0.400. The van der Waals surface area contributed by atoms with Crippen molar-refractivity contribution in [3.63, 3.8) is 0 Å². The van der Waals surface area contributed by atoms with Gasteiger partial charge in [0.2, 0.25) is 0 Å². The van der Waals surface area contributed by atoms with Gasteiger partial charge in [0.25, 0.3) is 0 Å². The largest absolute Gasteiger partial charge is 0.496 e. The highest BCUT2D eigenvalue weighted by Crippen LogP contribution is 2.21. The molecule has 2 rings (SSSR count). The maximum Gasteiger partial charge on any atom is 0.123 e. The number of hydrogen-bond acceptors (Lipinski definition) is 3. The average molecular weight is 313 g/mol. The Morgan fingerprint density at radius 3 is 2.65 bits per heavy atom. The summed E-state index contributed by atoms with van der Waals surface area (Å²) in [6.45, 7) is 3.73. The van der Waals surface area contributed by atoms with E-state index in [0.717, 1.165) is 42.3 Å². The normalized spacial score (nSPS) is 10.3. The molecule has 1 N–H and O–H groups in total. The van der Waals surface area contributed by atoms with Crippen molar-refractivity contribution in [1.82, 2.24) is 0 Å². The number of rotatable bonds is 10. The minimum Gasteiger partial charge on any atom is -0.496 e. The third-order valence-corrected chi connectivity index (χ3v) is 3.78. The van der Waals surface area contributed by atoms with E-state index in [4.69, 9.17) is 9.47 Å². The molecular formula is C20H27NO2. The summed E-state index contributed by atoms with van der Waals surface area (Å²) >= 11 is 0. The lowest BCUT2D eigenvalue weighted by Gasteiger charge is -2.12. The Morgan fingerprint density at radius 2 is 1.83 bits per heavy atom. The predicted molar refractivity (Wildman–Crippen MR) is 96.4 cm³/mol. The summed E-state index contributed by atoms with van der Waals surface area (Å²) in [6, 6.07) is 16.2. The van der Waals surface area contributed by atoms with E-state index >= 15 is 0 Å². The van der Waals surface area contributed by atoms with E-state index in [1.165, 1.54) is 19.3 Å². The van der Waals surface area contributed by atoms with Crippen LogP contribution >= 0.6 is 0 Å². The summed E-state index contributed by atoms with van der Waals surface area (Å²) in [4.78, 5) is 0. The molecule has 0 radical (unpaired) electrons. The molecule has 2 aromatic carbocycles. The lowest BCUT2D eigenvalue weighted by atomic mass is 10.2. The molecule has 0 saturated heterocycles. The number of unbranched alkanes of at least 4 members (excludes halogenated alkanes) is 3. The van der Waals surface area contributed by atoms with Gasteiger partial charge in [-0.2, -0.15) is 0 Å². The van der Waals surface area contributed by atoms with E-state index in [0.29, 0.717) is 0 Å². The van der Waals surface area contributed by atoms with Gasteiger partial charge in [-0.05, 0) is 24.6 Å². The minimum atomic E-state index is 0.726. The SMILES string of the molecule is CCCCCCOc1cccc(NCc2ccccc2OC)c1. The van der Waals surface area contributed by atoms with Crippen LogP contribution in [0.5, 0.6) is 11.5 Å². The highest BCUT2D eigenvalue weighted by atomic mass is 16.5. The first kappa shape index (κ1) is 17.2. The van der Waals surface area contributed by atoms with Crippen LogP contribution in [-0.2, 0) is 6.54 Å². The zero-order valence-corrected chi connectivity index (χ0v) is 14.2. The fourth-order valence-corrected chi connectivity index (χ4v) is 2.46. The molecule has 23 heavy (non-hydrogen) atoms. The van der Waals surface area contributed by atoms with Crippen molar-refractivity contribution >= 4 is 5.69 Å². The van der Waals surface area contributed by atoms with Crippen molar-refractivity contribution in [1.29, 1.82) is 0 Å². The molecule has 0 atom stereocenters. The molecule has 0 unspecified atom stereocenters. The Hall–Kier alpha value is -2.16.